The van der Waals surface area contributed by atoms with Crippen molar-refractivity contribution in [3.8, 4) is 0 Å². The molecule has 0 spiro atoms. The van der Waals surface area contributed by atoms with Gasteiger partial charge in [-0.3, -0.25) is 0 Å². The second-order valence-electron chi connectivity index (χ2n) is 6.24. The summed E-state index contributed by atoms with van der Waals surface area (Å²) < 4.78 is 0. The van der Waals surface area contributed by atoms with Gasteiger partial charge in [-0.1, -0.05) is 38.4 Å². The summed E-state index contributed by atoms with van der Waals surface area (Å²) in [6.07, 6.45) is 3.00. The van der Waals surface area contributed by atoms with E-state index in [1.807, 2.05) is 0 Å². The van der Waals surface area contributed by atoms with Gasteiger partial charge in [0.05, 0.1) is 0 Å². The zero-order chi connectivity index (χ0) is 15.3. The zero-order valence-corrected chi connectivity index (χ0v) is 14.2. The smallest absolute Gasteiger partial charge is 0.0459 e. The third kappa shape index (κ3) is 4.99. The SMILES string of the molecule is CCC(N)Cc1ccc(N(C)C(C)CC(C)C)cc1Cl. The Kier molecular flexibility index (Phi) is 6.84. The molecule has 1 rings (SSSR count). The van der Waals surface area contributed by atoms with Crippen molar-refractivity contribution in [2.75, 3.05) is 11.9 Å². The van der Waals surface area contributed by atoms with E-state index in [0.717, 1.165) is 23.4 Å². The molecule has 2 N–H and O–H groups in total. The Morgan fingerprint density at radius 3 is 2.40 bits per heavy atom. The Hall–Kier alpha value is -0.730. The average molecular weight is 297 g/mol. The first kappa shape index (κ1) is 17.3. The van der Waals surface area contributed by atoms with Crippen LogP contribution in [0.4, 0.5) is 5.69 Å². The molecule has 2 unspecified atom stereocenters. The van der Waals surface area contributed by atoms with E-state index in [2.05, 4.69) is 57.8 Å². The highest BCUT2D eigenvalue weighted by Crippen LogP contribution is 2.26. The predicted octanol–water partition coefficient (Wildman–Crippen LogP) is 4.49. The molecule has 0 radical (unpaired) electrons. The lowest BCUT2D eigenvalue weighted by atomic mass is 10.0. The average Bonchev–Trinajstić information content (AvgIpc) is 2.39. The minimum Gasteiger partial charge on any atom is -0.372 e. The first-order valence-corrected chi connectivity index (χ1v) is 7.99. The van der Waals surface area contributed by atoms with Gasteiger partial charge in [0.1, 0.15) is 0 Å². The van der Waals surface area contributed by atoms with Gasteiger partial charge in [-0.15, -0.1) is 0 Å². The van der Waals surface area contributed by atoms with Gasteiger partial charge in [0.15, 0.2) is 0 Å². The maximum Gasteiger partial charge on any atom is 0.0459 e. The maximum absolute atomic E-state index is 6.40. The topological polar surface area (TPSA) is 29.3 Å². The minimum atomic E-state index is 0.191. The van der Waals surface area contributed by atoms with Crippen molar-refractivity contribution in [3.05, 3.63) is 28.8 Å². The molecule has 2 nitrogen and oxygen atoms in total. The predicted molar refractivity (Wildman–Crippen MR) is 90.7 cm³/mol. The summed E-state index contributed by atoms with van der Waals surface area (Å²) in [6.45, 7) is 8.88. The van der Waals surface area contributed by atoms with Crippen LogP contribution in [0.15, 0.2) is 18.2 Å². The van der Waals surface area contributed by atoms with Crippen LogP contribution in [0.5, 0.6) is 0 Å². The van der Waals surface area contributed by atoms with Gasteiger partial charge >= 0.3 is 0 Å². The molecule has 0 heterocycles. The van der Waals surface area contributed by atoms with Crippen LogP contribution >= 0.6 is 11.6 Å². The lowest BCUT2D eigenvalue weighted by Gasteiger charge is -2.29. The molecule has 0 aliphatic heterocycles. The number of anilines is 1. The van der Waals surface area contributed by atoms with E-state index in [1.54, 1.807) is 0 Å². The Morgan fingerprint density at radius 1 is 1.25 bits per heavy atom. The first-order valence-electron chi connectivity index (χ1n) is 7.62. The molecule has 2 atom stereocenters. The molecule has 0 saturated carbocycles. The summed E-state index contributed by atoms with van der Waals surface area (Å²) in [5.74, 6) is 0.699. The van der Waals surface area contributed by atoms with Crippen LogP contribution in [0, 0.1) is 5.92 Å². The van der Waals surface area contributed by atoms with Crippen molar-refractivity contribution in [1.82, 2.24) is 0 Å². The van der Waals surface area contributed by atoms with Crippen LogP contribution in [-0.2, 0) is 6.42 Å². The van der Waals surface area contributed by atoms with Gasteiger partial charge in [0, 0.05) is 29.8 Å². The fourth-order valence-corrected chi connectivity index (χ4v) is 2.69. The number of nitrogens with zero attached hydrogens (tertiary/aromatic N) is 1. The van der Waals surface area contributed by atoms with Gasteiger partial charge in [-0.2, -0.15) is 0 Å². The summed E-state index contributed by atoms with van der Waals surface area (Å²) in [6, 6.07) is 7.04. The molecule has 1 aromatic carbocycles. The zero-order valence-electron chi connectivity index (χ0n) is 13.5. The van der Waals surface area contributed by atoms with Crippen molar-refractivity contribution in [3.63, 3.8) is 0 Å². The van der Waals surface area contributed by atoms with Crippen molar-refractivity contribution in [1.29, 1.82) is 0 Å². The van der Waals surface area contributed by atoms with Crippen LogP contribution in [0.3, 0.4) is 0 Å². The minimum absolute atomic E-state index is 0.191. The van der Waals surface area contributed by atoms with E-state index in [1.165, 1.54) is 12.1 Å². The van der Waals surface area contributed by atoms with Gasteiger partial charge < -0.3 is 10.6 Å². The van der Waals surface area contributed by atoms with Gasteiger partial charge in [0.25, 0.3) is 0 Å². The molecule has 114 valence electrons. The second kappa shape index (κ2) is 7.90. The molecule has 0 amide bonds. The molecule has 0 aromatic heterocycles. The largest absolute Gasteiger partial charge is 0.372 e. The fourth-order valence-electron chi connectivity index (χ4n) is 2.44. The number of halogens is 1. The van der Waals surface area contributed by atoms with Crippen LogP contribution in [0.1, 0.15) is 46.1 Å². The van der Waals surface area contributed by atoms with E-state index in [9.17, 15) is 0 Å². The lowest BCUT2D eigenvalue weighted by molar-refractivity contribution is 0.504. The highest BCUT2D eigenvalue weighted by molar-refractivity contribution is 6.31. The maximum atomic E-state index is 6.40. The van der Waals surface area contributed by atoms with Crippen molar-refractivity contribution < 1.29 is 0 Å². The van der Waals surface area contributed by atoms with E-state index < -0.39 is 0 Å². The Morgan fingerprint density at radius 2 is 1.90 bits per heavy atom. The third-order valence-electron chi connectivity index (χ3n) is 3.92. The number of benzene rings is 1. The molecule has 0 fully saturated rings. The Labute approximate surface area is 129 Å². The van der Waals surface area contributed by atoms with Crippen LogP contribution in [-0.4, -0.2) is 19.1 Å². The number of hydrogen-bond acceptors (Lipinski definition) is 2. The fraction of sp³-hybridized carbons (Fsp3) is 0.647. The molecule has 1 aromatic rings. The van der Waals surface area contributed by atoms with E-state index in [-0.39, 0.29) is 6.04 Å². The lowest BCUT2D eigenvalue weighted by Crippen LogP contribution is -2.30. The molecule has 20 heavy (non-hydrogen) atoms. The van der Waals surface area contributed by atoms with E-state index >= 15 is 0 Å². The highest BCUT2D eigenvalue weighted by Gasteiger charge is 2.13. The standard InChI is InChI=1S/C17H29ClN2/c1-6-15(19)10-14-7-8-16(11-17(14)18)20(5)13(4)9-12(2)3/h7-8,11-13,15H,6,9-10,19H2,1-5H3. The van der Waals surface area contributed by atoms with E-state index in [4.69, 9.17) is 17.3 Å². The molecular weight excluding hydrogens is 268 g/mol. The molecule has 0 bridgehead atoms. The van der Waals surface area contributed by atoms with Crippen LogP contribution < -0.4 is 10.6 Å². The molecule has 0 aliphatic carbocycles. The summed E-state index contributed by atoms with van der Waals surface area (Å²) in [5.41, 5.74) is 8.33. The van der Waals surface area contributed by atoms with Gasteiger partial charge in [0.2, 0.25) is 0 Å². The summed E-state index contributed by atoms with van der Waals surface area (Å²) in [7, 11) is 2.14. The number of nitrogens with two attached hydrogens (primary N) is 1. The summed E-state index contributed by atoms with van der Waals surface area (Å²) >= 11 is 6.40. The Bertz CT molecular complexity index is 417. The molecular formula is C17H29ClN2. The molecule has 0 saturated heterocycles. The molecule has 0 aliphatic rings. The molecule has 3 heteroatoms. The highest BCUT2D eigenvalue weighted by atomic mass is 35.5. The quantitative estimate of drug-likeness (QED) is 0.803. The van der Waals surface area contributed by atoms with Gasteiger partial charge in [-0.25, -0.2) is 0 Å². The summed E-state index contributed by atoms with van der Waals surface area (Å²) in [5, 5.41) is 0.829. The van der Waals surface area contributed by atoms with Gasteiger partial charge in [-0.05, 0) is 49.8 Å². The van der Waals surface area contributed by atoms with Crippen molar-refractivity contribution >= 4 is 17.3 Å². The first-order chi connectivity index (χ1) is 9.35. The second-order valence-corrected chi connectivity index (χ2v) is 6.64. The van der Waals surface area contributed by atoms with Crippen LogP contribution in [0.25, 0.3) is 0 Å². The van der Waals surface area contributed by atoms with Crippen molar-refractivity contribution in [2.45, 2.75) is 59.0 Å². The number of hydrogen-bond donors (Lipinski definition) is 1. The Balaban J connectivity index is 2.80. The summed E-state index contributed by atoms with van der Waals surface area (Å²) in [4.78, 5) is 2.30. The van der Waals surface area contributed by atoms with Crippen molar-refractivity contribution in [2.24, 2.45) is 11.7 Å². The third-order valence-corrected chi connectivity index (χ3v) is 4.28. The van der Waals surface area contributed by atoms with E-state index in [0.29, 0.717) is 12.0 Å². The van der Waals surface area contributed by atoms with Crippen LogP contribution in [0.2, 0.25) is 5.02 Å². The number of rotatable bonds is 7. The normalized spacial score (nSPS) is 14.4. The monoisotopic (exact) mass is 296 g/mol.